The van der Waals surface area contributed by atoms with Gasteiger partial charge in [-0.05, 0) is 23.8 Å². The van der Waals surface area contributed by atoms with E-state index in [4.69, 9.17) is 9.84 Å². The molecule has 0 aliphatic heterocycles. The second kappa shape index (κ2) is 5.25. The molecule has 1 N–H and O–H groups in total. The summed E-state index contributed by atoms with van der Waals surface area (Å²) in [7, 11) is 0. The number of halogens is 1. The second-order valence-electron chi connectivity index (χ2n) is 3.16. The summed E-state index contributed by atoms with van der Waals surface area (Å²) in [6.45, 7) is 0.573. The van der Waals surface area contributed by atoms with Crippen molar-refractivity contribution in [2.75, 3.05) is 6.67 Å². The summed E-state index contributed by atoms with van der Waals surface area (Å²) in [4.78, 5) is 21.5. The zero-order chi connectivity index (χ0) is 12.1. The van der Waals surface area contributed by atoms with Crippen molar-refractivity contribution in [2.24, 2.45) is 0 Å². The van der Waals surface area contributed by atoms with Gasteiger partial charge in [-0.2, -0.15) is 0 Å². The Bertz CT molecular complexity index is 414. The van der Waals surface area contributed by atoms with E-state index < -0.39 is 18.6 Å². The lowest BCUT2D eigenvalue weighted by atomic mass is 10.0. The normalized spacial score (nSPS) is 9.88. The Hall–Kier alpha value is -1.91. The number of rotatable bonds is 4. The first-order valence-electron chi connectivity index (χ1n) is 4.65. The van der Waals surface area contributed by atoms with Crippen molar-refractivity contribution < 1.29 is 23.8 Å². The largest absolute Gasteiger partial charge is 0.478 e. The number of benzene rings is 1. The number of carboxylic acid groups (broad SMARTS) is 1. The molecular formula is C11H11FO4. The molecule has 0 atom stereocenters. The smallest absolute Gasteiger partial charge is 0.335 e. The zero-order valence-electron chi connectivity index (χ0n) is 8.70. The Labute approximate surface area is 91.7 Å². The standard InChI is InChI=1S/C11H11FO4/c1-7(13)16-9-2-3-10(11(14)15)8(6-9)4-5-12/h2-3,6H,4-5H2,1H3,(H,14,15). The van der Waals surface area contributed by atoms with E-state index in [0.717, 1.165) is 0 Å². The van der Waals surface area contributed by atoms with Gasteiger partial charge in [0.2, 0.25) is 0 Å². The van der Waals surface area contributed by atoms with Crippen molar-refractivity contribution in [1.82, 2.24) is 0 Å². The summed E-state index contributed by atoms with van der Waals surface area (Å²) < 4.78 is 17.0. The number of carboxylic acids is 1. The number of carbonyl (C=O) groups is 2. The van der Waals surface area contributed by atoms with E-state index >= 15 is 0 Å². The van der Waals surface area contributed by atoms with Gasteiger partial charge in [0.15, 0.2) is 0 Å². The maximum Gasteiger partial charge on any atom is 0.335 e. The first-order valence-corrected chi connectivity index (χ1v) is 4.65. The van der Waals surface area contributed by atoms with Crippen LogP contribution in [-0.4, -0.2) is 23.7 Å². The number of esters is 1. The van der Waals surface area contributed by atoms with Gasteiger partial charge in [-0.25, -0.2) is 4.79 Å². The Balaban J connectivity index is 3.06. The predicted molar refractivity (Wildman–Crippen MR) is 54.4 cm³/mol. The average Bonchev–Trinajstić information content (AvgIpc) is 2.17. The van der Waals surface area contributed by atoms with E-state index in [0.29, 0.717) is 5.56 Å². The Morgan fingerprint density at radius 2 is 2.12 bits per heavy atom. The third-order valence-corrected chi connectivity index (χ3v) is 1.93. The van der Waals surface area contributed by atoms with Gasteiger partial charge in [0.25, 0.3) is 0 Å². The zero-order valence-corrected chi connectivity index (χ0v) is 8.70. The molecule has 0 aromatic heterocycles. The summed E-state index contributed by atoms with van der Waals surface area (Å²) in [5.74, 6) is -1.41. The van der Waals surface area contributed by atoms with Crippen LogP contribution < -0.4 is 4.74 Å². The number of hydrogen-bond acceptors (Lipinski definition) is 3. The van der Waals surface area contributed by atoms with E-state index in [9.17, 15) is 14.0 Å². The number of hydrogen-bond donors (Lipinski definition) is 1. The molecule has 0 radical (unpaired) electrons. The molecule has 4 nitrogen and oxygen atoms in total. The Morgan fingerprint density at radius 3 is 2.62 bits per heavy atom. The minimum absolute atomic E-state index is 0.0171. The average molecular weight is 226 g/mol. The summed E-state index contributed by atoms with van der Waals surface area (Å²) in [6, 6.07) is 4.03. The second-order valence-corrected chi connectivity index (χ2v) is 3.16. The lowest BCUT2D eigenvalue weighted by molar-refractivity contribution is -0.131. The molecule has 16 heavy (non-hydrogen) atoms. The van der Waals surface area contributed by atoms with Gasteiger partial charge < -0.3 is 9.84 Å². The summed E-state index contributed by atoms with van der Waals surface area (Å²) in [6.07, 6.45) is -0.0171. The molecule has 1 aromatic carbocycles. The Kier molecular flexibility index (Phi) is 3.99. The van der Waals surface area contributed by atoms with Crippen molar-refractivity contribution in [2.45, 2.75) is 13.3 Å². The molecule has 0 bridgehead atoms. The van der Waals surface area contributed by atoms with E-state index in [1.54, 1.807) is 0 Å². The molecule has 0 spiro atoms. The maximum atomic E-state index is 12.2. The van der Waals surface area contributed by atoms with Gasteiger partial charge in [-0.1, -0.05) is 0 Å². The van der Waals surface area contributed by atoms with Gasteiger partial charge >= 0.3 is 11.9 Å². The van der Waals surface area contributed by atoms with Gasteiger partial charge in [-0.15, -0.1) is 0 Å². The third kappa shape index (κ3) is 3.05. The Morgan fingerprint density at radius 1 is 1.44 bits per heavy atom. The van der Waals surface area contributed by atoms with Crippen LogP contribution in [0.4, 0.5) is 4.39 Å². The van der Waals surface area contributed by atoms with Crippen LogP contribution in [-0.2, 0) is 11.2 Å². The van der Waals surface area contributed by atoms with Crippen molar-refractivity contribution in [3.63, 3.8) is 0 Å². The summed E-state index contributed by atoms with van der Waals surface area (Å²) >= 11 is 0. The minimum atomic E-state index is -1.13. The molecule has 86 valence electrons. The third-order valence-electron chi connectivity index (χ3n) is 1.93. The molecule has 1 aromatic rings. The number of aryl methyl sites for hydroxylation is 1. The van der Waals surface area contributed by atoms with Crippen molar-refractivity contribution in [1.29, 1.82) is 0 Å². The molecule has 0 unspecified atom stereocenters. The number of ether oxygens (including phenoxy) is 1. The van der Waals surface area contributed by atoms with E-state index in [1.807, 2.05) is 0 Å². The van der Waals surface area contributed by atoms with Gasteiger partial charge in [-0.3, -0.25) is 9.18 Å². The molecule has 0 saturated heterocycles. The van der Waals surface area contributed by atoms with Crippen LogP contribution in [0.5, 0.6) is 5.75 Å². The highest BCUT2D eigenvalue weighted by Gasteiger charge is 2.11. The van der Waals surface area contributed by atoms with Gasteiger partial charge in [0.1, 0.15) is 5.75 Å². The summed E-state index contributed by atoms with van der Waals surface area (Å²) in [5, 5.41) is 8.83. The molecule has 0 heterocycles. The lowest BCUT2D eigenvalue weighted by Crippen LogP contribution is -2.06. The molecular weight excluding hydrogens is 215 g/mol. The predicted octanol–water partition coefficient (Wildman–Crippen LogP) is 1.82. The van der Waals surface area contributed by atoms with E-state index in [-0.39, 0.29) is 17.7 Å². The van der Waals surface area contributed by atoms with Crippen LogP contribution in [0.1, 0.15) is 22.8 Å². The van der Waals surface area contributed by atoms with Crippen LogP contribution in [0.3, 0.4) is 0 Å². The molecule has 5 heteroatoms. The monoisotopic (exact) mass is 226 g/mol. The molecule has 0 aliphatic rings. The molecule has 1 rings (SSSR count). The first kappa shape index (κ1) is 12.2. The van der Waals surface area contributed by atoms with Crippen LogP contribution in [0.15, 0.2) is 18.2 Å². The molecule has 0 amide bonds. The highest BCUT2D eigenvalue weighted by atomic mass is 19.1. The van der Waals surface area contributed by atoms with Crippen LogP contribution >= 0.6 is 0 Å². The van der Waals surface area contributed by atoms with Crippen molar-refractivity contribution in [3.05, 3.63) is 29.3 Å². The fourth-order valence-electron chi connectivity index (χ4n) is 1.32. The summed E-state index contributed by atoms with van der Waals surface area (Å²) in [5.41, 5.74) is 0.335. The maximum absolute atomic E-state index is 12.2. The van der Waals surface area contributed by atoms with Gasteiger partial charge in [0, 0.05) is 13.3 Å². The van der Waals surface area contributed by atoms with Gasteiger partial charge in [0.05, 0.1) is 12.2 Å². The minimum Gasteiger partial charge on any atom is -0.478 e. The van der Waals surface area contributed by atoms with Crippen LogP contribution in [0.2, 0.25) is 0 Å². The quantitative estimate of drug-likeness (QED) is 0.628. The van der Waals surface area contributed by atoms with E-state index in [2.05, 4.69) is 0 Å². The van der Waals surface area contributed by atoms with Crippen LogP contribution in [0.25, 0.3) is 0 Å². The first-order chi connectivity index (χ1) is 7.54. The molecule has 0 aliphatic carbocycles. The van der Waals surface area contributed by atoms with Crippen molar-refractivity contribution in [3.8, 4) is 5.75 Å². The molecule has 0 fully saturated rings. The number of carbonyl (C=O) groups excluding carboxylic acids is 1. The SMILES string of the molecule is CC(=O)Oc1ccc(C(=O)O)c(CCF)c1. The fourth-order valence-corrected chi connectivity index (χ4v) is 1.32. The van der Waals surface area contributed by atoms with Crippen molar-refractivity contribution >= 4 is 11.9 Å². The number of aromatic carboxylic acids is 1. The van der Waals surface area contributed by atoms with E-state index in [1.165, 1.54) is 25.1 Å². The van der Waals surface area contributed by atoms with Crippen LogP contribution in [0, 0.1) is 0 Å². The molecule has 0 saturated carbocycles. The highest BCUT2D eigenvalue weighted by Crippen LogP contribution is 2.19. The topological polar surface area (TPSA) is 63.6 Å². The highest BCUT2D eigenvalue weighted by molar-refractivity contribution is 5.89. The fraction of sp³-hybridized carbons (Fsp3) is 0.273. The number of alkyl halides is 1. The lowest BCUT2D eigenvalue weighted by Gasteiger charge is -2.07.